The van der Waals surface area contributed by atoms with E-state index in [9.17, 15) is 13.2 Å². The topological polar surface area (TPSA) is 101 Å². The van der Waals surface area contributed by atoms with E-state index in [1.807, 2.05) is 25.1 Å². The summed E-state index contributed by atoms with van der Waals surface area (Å²) in [6.45, 7) is 4.98. The van der Waals surface area contributed by atoms with Gasteiger partial charge in [-0.3, -0.25) is 9.52 Å². The van der Waals surface area contributed by atoms with Crippen LogP contribution in [-0.4, -0.2) is 19.5 Å². The molecule has 8 heteroatoms. The van der Waals surface area contributed by atoms with E-state index < -0.39 is 15.9 Å². The summed E-state index contributed by atoms with van der Waals surface area (Å²) in [5.41, 5.74) is 2.25. The Balaban J connectivity index is 1.91. The number of hydrogen-bond donors (Lipinski definition) is 2. The number of nitrogens with one attached hydrogen (secondary N) is 2. The minimum atomic E-state index is -3.95. The third-order valence-electron chi connectivity index (χ3n) is 3.93. The Kier molecular flexibility index (Phi) is 5.00. The Morgan fingerprint density at radius 1 is 1.04 bits per heavy atom. The number of carbonyl (C=O) groups is 1. The smallest absolute Gasteiger partial charge is 0.267 e. The second-order valence-electron chi connectivity index (χ2n) is 6.13. The van der Waals surface area contributed by atoms with E-state index in [2.05, 4.69) is 15.2 Å². The van der Waals surface area contributed by atoms with Gasteiger partial charge in [-0.2, -0.15) is 0 Å². The second kappa shape index (κ2) is 7.24. The molecule has 0 saturated carbocycles. The van der Waals surface area contributed by atoms with E-state index >= 15 is 0 Å². The van der Waals surface area contributed by atoms with Gasteiger partial charge in [-0.25, -0.2) is 8.42 Å². The van der Waals surface area contributed by atoms with Crippen LogP contribution in [0.2, 0.25) is 0 Å². The maximum absolute atomic E-state index is 12.7. The number of aryl methyl sites for hydroxylation is 3. The molecule has 0 radical (unpaired) electrons. The molecule has 0 aliphatic rings. The molecule has 0 unspecified atom stereocenters. The Bertz CT molecular complexity index is 1080. The summed E-state index contributed by atoms with van der Waals surface area (Å²) in [5, 5.41) is 6.45. The van der Waals surface area contributed by atoms with Crippen molar-refractivity contribution in [1.29, 1.82) is 0 Å². The van der Waals surface area contributed by atoms with Gasteiger partial charge in [0.25, 0.3) is 15.9 Å². The van der Waals surface area contributed by atoms with Crippen LogP contribution in [0.3, 0.4) is 0 Å². The molecule has 140 valence electrons. The fourth-order valence-corrected chi connectivity index (χ4v) is 4.16. The highest BCUT2D eigenvalue weighted by Gasteiger charge is 2.25. The van der Waals surface area contributed by atoms with Gasteiger partial charge in [0.1, 0.15) is 5.69 Å². The van der Waals surface area contributed by atoms with E-state index in [0.717, 1.165) is 5.56 Å². The molecule has 0 bridgehead atoms. The molecule has 0 saturated heterocycles. The van der Waals surface area contributed by atoms with Crippen molar-refractivity contribution < 1.29 is 17.7 Å². The zero-order valence-corrected chi connectivity index (χ0v) is 15.9. The predicted molar refractivity (Wildman–Crippen MR) is 102 cm³/mol. The summed E-state index contributed by atoms with van der Waals surface area (Å²) < 4.78 is 32.9. The number of amides is 1. The summed E-state index contributed by atoms with van der Waals surface area (Å²) in [5.74, 6) is -0.237. The van der Waals surface area contributed by atoms with Crippen LogP contribution in [0, 0.1) is 20.8 Å². The summed E-state index contributed by atoms with van der Waals surface area (Å²) in [6.07, 6.45) is 0. The zero-order valence-electron chi connectivity index (χ0n) is 15.1. The summed E-state index contributed by atoms with van der Waals surface area (Å²) >= 11 is 0. The van der Waals surface area contributed by atoms with Crippen molar-refractivity contribution in [2.24, 2.45) is 0 Å². The molecule has 3 rings (SSSR count). The maximum Gasteiger partial charge on any atom is 0.267 e. The minimum Gasteiger partial charge on any atom is -0.360 e. The van der Waals surface area contributed by atoms with Crippen LogP contribution in [-0.2, 0) is 10.0 Å². The molecule has 1 amide bonds. The highest BCUT2D eigenvalue weighted by atomic mass is 32.2. The van der Waals surface area contributed by atoms with Gasteiger partial charge in [-0.1, -0.05) is 29.4 Å². The Morgan fingerprint density at radius 2 is 1.78 bits per heavy atom. The monoisotopic (exact) mass is 385 g/mol. The van der Waals surface area contributed by atoms with Gasteiger partial charge in [0, 0.05) is 5.69 Å². The van der Waals surface area contributed by atoms with E-state index in [1.54, 1.807) is 31.2 Å². The van der Waals surface area contributed by atoms with Crippen LogP contribution in [0.25, 0.3) is 0 Å². The van der Waals surface area contributed by atoms with Crippen molar-refractivity contribution in [3.05, 3.63) is 71.1 Å². The molecule has 3 aromatic rings. The van der Waals surface area contributed by atoms with E-state index in [1.165, 1.54) is 13.0 Å². The fourth-order valence-electron chi connectivity index (χ4n) is 2.75. The average Bonchev–Trinajstić information content (AvgIpc) is 2.94. The molecule has 0 aliphatic carbocycles. The zero-order chi connectivity index (χ0) is 19.6. The van der Waals surface area contributed by atoms with Crippen molar-refractivity contribution in [2.45, 2.75) is 25.7 Å². The number of nitrogens with zero attached hydrogens (tertiary/aromatic N) is 1. The van der Waals surface area contributed by atoms with Crippen molar-refractivity contribution in [1.82, 2.24) is 5.16 Å². The number of aromatic nitrogens is 1. The van der Waals surface area contributed by atoms with Crippen LogP contribution in [0.4, 0.5) is 11.4 Å². The highest BCUT2D eigenvalue weighted by Crippen LogP contribution is 2.25. The van der Waals surface area contributed by atoms with Gasteiger partial charge in [0.2, 0.25) is 0 Å². The van der Waals surface area contributed by atoms with E-state index in [0.29, 0.717) is 5.69 Å². The van der Waals surface area contributed by atoms with Gasteiger partial charge in [-0.05, 0) is 50.6 Å². The number of sulfonamides is 1. The molecule has 0 spiro atoms. The summed E-state index contributed by atoms with van der Waals surface area (Å²) in [4.78, 5) is 12.6. The largest absolute Gasteiger partial charge is 0.360 e. The number of carbonyl (C=O) groups excluding carboxylic acids is 1. The van der Waals surface area contributed by atoms with Crippen LogP contribution in [0.5, 0.6) is 0 Å². The third-order valence-corrected chi connectivity index (χ3v) is 5.54. The average molecular weight is 385 g/mol. The maximum atomic E-state index is 12.7. The van der Waals surface area contributed by atoms with Crippen molar-refractivity contribution in [2.75, 3.05) is 10.0 Å². The summed E-state index contributed by atoms with van der Waals surface area (Å²) in [7, 11) is -3.95. The summed E-state index contributed by atoms with van der Waals surface area (Å²) in [6, 6.07) is 13.7. The normalized spacial score (nSPS) is 11.2. The Hall–Kier alpha value is -3.13. The number of anilines is 2. The lowest BCUT2D eigenvalue weighted by atomic mass is 10.1. The molecular weight excluding hydrogens is 366 g/mol. The number of hydrogen-bond acceptors (Lipinski definition) is 5. The van der Waals surface area contributed by atoms with Crippen molar-refractivity contribution in [3.8, 4) is 0 Å². The van der Waals surface area contributed by atoms with Gasteiger partial charge < -0.3 is 9.84 Å². The van der Waals surface area contributed by atoms with Crippen molar-refractivity contribution >= 4 is 27.3 Å². The highest BCUT2D eigenvalue weighted by molar-refractivity contribution is 7.92. The second-order valence-corrected chi connectivity index (χ2v) is 7.75. The third kappa shape index (κ3) is 4.01. The first kappa shape index (κ1) is 18.7. The first-order valence-electron chi connectivity index (χ1n) is 8.20. The molecule has 0 aliphatic heterocycles. The van der Waals surface area contributed by atoms with Gasteiger partial charge >= 0.3 is 0 Å². The quantitative estimate of drug-likeness (QED) is 0.698. The Morgan fingerprint density at radius 3 is 2.44 bits per heavy atom. The molecular formula is C19H19N3O4S. The molecule has 1 heterocycles. The van der Waals surface area contributed by atoms with Gasteiger partial charge in [0.05, 0.1) is 11.3 Å². The molecule has 27 heavy (non-hydrogen) atoms. The van der Waals surface area contributed by atoms with Crippen LogP contribution in [0.15, 0.2) is 57.9 Å². The van der Waals surface area contributed by atoms with Crippen molar-refractivity contribution in [3.63, 3.8) is 0 Å². The number of para-hydroxylation sites is 1. The lowest BCUT2D eigenvalue weighted by Gasteiger charge is -2.13. The standard InChI is InChI=1S/C19H19N3O4S/c1-12-7-6-8-15(11-12)20-19(23)16-9-4-5-10-17(16)22-27(24,25)18-13(2)21-26-14(18)3/h4-11,22H,1-3H3,(H,20,23). The van der Waals surface area contributed by atoms with Crippen LogP contribution in [0.1, 0.15) is 27.4 Å². The van der Waals surface area contributed by atoms with Crippen LogP contribution >= 0.6 is 0 Å². The first-order valence-corrected chi connectivity index (χ1v) is 9.69. The molecule has 2 aromatic carbocycles. The Labute approximate surface area is 157 Å². The van der Waals surface area contributed by atoms with E-state index in [4.69, 9.17) is 4.52 Å². The first-order chi connectivity index (χ1) is 12.8. The lowest BCUT2D eigenvalue weighted by Crippen LogP contribution is -2.19. The molecule has 2 N–H and O–H groups in total. The fraction of sp³-hybridized carbons (Fsp3) is 0.158. The van der Waals surface area contributed by atoms with Gasteiger partial charge in [-0.15, -0.1) is 0 Å². The molecule has 1 aromatic heterocycles. The van der Waals surface area contributed by atoms with Crippen LogP contribution < -0.4 is 10.0 Å². The molecule has 7 nitrogen and oxygen atoms in total. The SMILES string of the molecule is Cc1cccc(NC(=O)c2ccccc2NS(=O)(=O)c2c(C)noc2C)c1. The minimum absolute atomic E-state index is 0.0311. The van der Waals surface area contributed by atoms with E-state index in [-0.39, 0.29) is 27.6 Å². The predicted octanol–water partition coefficient (Wildman–Crippen LogP) is 3.65. The number of rotatable bonds is 5. The molecule has 0 fully saturated rings. The van der Waals surface area contributed by atoms with Gasteiger partial charge in [0.15, 0.2) is 10.7 Å². The number of benzene rings is 2. The lowest BCUT2D eigenvalue weighted by molar-refractivity contribution is 0.102. The molecule has 0 atom stereocenters.